The summed E-state index contributed by atoms with van der Waals surface area (Å²) in [5.41, 5.74) is 10.3. The molecule has 1 saturated carbocycles. The van der Waals surface area contributed by atoms with E-state index in [1.54, 1.807) is 7.11 Å². The molecule has 0 spiro atoms. The highest BCUT2D eigenvalue weighted by Crippen LogP contribution is 2.36. The summed E-state index contributed by atoms with van der Waals surface area (Å²) in [7, 11) is 1.78. The number of rotatable bonds is 5. The second kappa shape index (κ2) is 7.39. The molecule has 0 amide bonds. The molecular weight excluding hydrogens is 300 g/mol. The van der Waals surface area contributed by atoms with Crippen molar-refractivity contribution in [1.29, 1.82) is 0 Å². The zero-order chi connectivity index (χ0) is 17.1. The summed E-state index contributed by atoms with van der Waals surface area (Å²) in [6.45, 7) is 5.00. The van der Waals surface area contributed by atoms with Crippen molar-refractivity contribution in [1.82, 2.24) is 4.98 Å². The molecule has 1 heterocycles. The van der Waals surface area contributed by atoms with E-state index in [1.165, 1.54) is 0 Å². The van der Waals surface area contributed by atoms with Crippen LogP contribution in [0.1, 0.15) is 43.9 Å². The lowest BCUT2D eigenvalue weighted by atomic mass is 9.88. The summed E-state index contributed by atoms with van der Waals surface area (Å²) in [4.78, 5) is 4.72. The minimum absolute atomic E-state index is 0.259. The van der Waals surface area contributed by atoms with Gasteiger partial charge in [-0.1, -0.05) is 13.0 Å². The minimum atomic E-state index is 0.259. The standard InChI is InChI=1S/C20H28N2O2/c1-4-16-13(2)22-17-6-5-7-18(19(17)20(16)21)24-15-10-8-14(9-11-15)12-23-3/h5-7,14-15H,4,8-12H2,1-3H3,(H2,21,22)/t14-,15-. The van der Waals surface area contributed by atoms with Gasteiger partial charge in [-0.2, -0.15) is 0 Å². The maximum Gasteiger partial charge on any atom is 0.131 e. The second-order valence-electron chi connectivity index (χ2n) is 6.81. The van der Waals surface area contributed by atoms with Gasteiger partial charge in [0.1, 0.15) is 5.75 Å². The quantitative estimate of drug-likeness (QED) is 0.890. The van der Waals surface area contributed by atoms with E-state index in [0.717, 1.165) is 72.3 Å². The van der Waals surface area contributed by atoms with Crippen LogP contribution in [0.3, 0.4) is 0 Å². The van der Waals surface area contributed by atoms with Crippen LogP contribution in [0.25, 0.3) is 10.9 Å². The molecule has 1 aliphatic rings. The maximum atomic E-state index is 6.46. The van der Waals surface area contributed by atoms with Crippen LogP contribution in [0, 0.1) is 12.8 Å². The number of nitrogens with zero attached hydrogens (tertiary/aromatic N) is 1. The first kappa shape index (κ1) is 17.0. The summed E-state index contributed by atoms with van der Waals surface area (Å²) in [6.07, 6.45) is 5.62. The molecule has 0 saturated heterocycles. The summed E-state index contributed by atoms with van der Waals surface area (Å²) in [5.74, 6) is 1.55. The highest BCUT2D eigenvalue weighted by Gasteiger charge is 2.23. The van der Waals surface area contributed by atoms with Gasteiger partial charge in [0.25, 0.3) is 0 Å². The number of aryl methyl sites for hydroxylation is 1. The van der Waals surface area contributed by atoms with E-state index in [2.05, 4.69) is 6.92 Å². The lowest BCUT2D eigenvalue weighted by Crippen LogP contribution is -2.26. The average Bonchev–Trinajstić information content (AvgIpc) is 2.57. The van der Waals surface area contributed by atoms with E-state index in [0.29, 0.717) is 5.92 Å². The molecule has 4 nitrogen and oxygen atoms in total. The first-order chi connectivity index (χ1) is 11.6. The van der Waals surface area contributed by atoms with Crippen molar-refractivity contribution >= 4 is 16.6 Å². The molecule has 1 aromatic carbocycles. The van der Waals surface area contributed by atoms with Crippen LogP contribution >= 0.6 is 0 Å². The van der Waals surface area contributed by atoms with Gasteiger partial charge < -0.3 is 15.2 Å². The fraction of sp³-hybridized carbons (Fsp3) is 0.550. The topological polar surface area (TPSA) is 57.4 Å². The normalized spacial score (nSPS) is 21.1. The number of aromatic nitrogens is 1. The second-order valence-corrected chi connectivity index (χ2v) is 6.81. The fourth-order valence-corrected chi connectivity index (χ4v) is 3.85. The average molecular weight is 328 g/mol. The minimum Gasteiger partial charge on any atom is -0.490 e. The summed E-state index contributed by atoms with van der Waals surface area (Å²) in [5, 5.41) is 0.971. The largest absolute Gasteiger partial charge is 0.490 e. The predicted octanol–water partition coefficient (Wildman–Crippen LogP) is 4.27. The Bertz CT molecular complexity index is 706. The smallest absolute Gasteiger partial charge is 0.131 e. The van der Waals surface area contributed by atoms with Crippen molar-refractivity contribution in [2.24, 2.45) is 5.92 Å². The first-order valence-electron chi connectivity index (χ1n) is 8.97. The lowest BCUT2D eigenvalue weighted by Gasteiger charge is -2.29. The zero-order valence-corrected chi connectivity index (χ0v) is 15.0. The number of hydrogen-bond acceptors (Lipinski definition) is 4. The third-order valence-electron chi connectivity index (χ3n) is 5.17. The van der Waals surface area contributed by atoms with E-state index >= 15 is 0 Å². The number of anilines is 1. The molecule has 2 aromatic rings. The highest BCUT2D eigenvalue weighted by molar-refractivity contribution is 5.97. The zero-order valence-electron chi connectivity index (χ0n) is 15.0. The van der Waals surface area contributed by atoms with Gasteiger partial charge in [-0.25, -0.2) is 0 Å². The van der Waals surface area contributed by atoms with Gasteiger partial charge in [0.15, 0.2) is 0 Å². The number of hydrogen-bond donors (Lipinski definition) is 1. The van der Waals surface area contributed by atoms with Crippen LogP contribution in [0.15, 0.2) is 18.2 Å². The van der Waals surface area contributed by atoms with Gasteiger partial charge in [0.2, 0.25) is 0 Å². The van der Waals surface area contributed by atoms with Crippen molar-refractivity contribution in [2.75, 3.05) is 19.5 Å². The molecule has 1 fully saturated rings. The molecule has 2 N–H and O–H groups in total. The lowest BCUT2D eigenvalue weighted by molar-refractivity contribution is 0.0847. The molecule has 0 bridgehead atoms. The van der Waals surface area contributed by atoms with Crippen molar-refractivity contribution < 1.29 is 9.47 Å². The first-order valence-corrected chi connectivity index (χ1v) is 8.97. The molecule has 24 heavy (non-hydrogen) atoms. The maximum absolute atomic E-state index is 6.46. The molecule has 3 rings (SSSR count). The van der Waals surface area contributed by atoms with Gasteiger partial charge in [-0.3, -0.25) is 4.98 Å². The molecule has 0 radical (unpaired) electrons. The SMILES string of the molecule is CCc1c(C)nc2cccc(O[C@H]3CC[C@H](COC)CC3)c2c1N. The molecule has 0 unspecified atom stereocenters. The molecule has 130 valence electrons. The van der Waals surface area contributed by atoms with Gasteiger partial charge >= 0.3 is 0 Å². The van der Waals surface area contributed by atoms with Crippen LogP contribution in [-0.4, -0.2) is 24.8 Å². The third kappa shape index (κ3) is 3.34. The van der Waals surface area contributed by atoms with Crippen LogP contribution in [0.4, 0.5) is 5.69 Å². The number of ether oxygens (including phenoxy) is 2. The Hall–Kier alpha value is -1.81. The van der Waals surface area contributed by atoms with E-state index < -0.39 is 0 Å². The Morgan fingerprint density at radius 1 is 1.21 bits per heavy atom. The van der Waals surface area contributed by atoms with E-state index in [-0.39, 0.29) is 6.10 Å². The Kier molecular flexibility index (Phi) is 5.24. The Balaban J connectivity index is 1.85. The van der Waals surface area contributed by atoms with Crippen molar-refractivity contribution in [3.8, 4) is 5.75 Å². The van der Waals surface area contributed by atoms with Crippen LogP contribution in [-0.2, 0) is 11.2 Å². The number of fused-ring (bicyclic) bond motifs is 1. The number of methoxy groups -OCH3 is 1. The summed E-state index contributed by atoms with van der Waals surface area (Å²) in [6, 6.07) is 6.04. The number of benzene rings is 1. The number of pyridine rings is 1. The van der Waals surface area contributed by atoms with Crippen molar-refractivity contribution in [2.45, 2.75) is 52.1 Å². The summed E-state index contributed by atoms with van der Waals surface area (Å²) >= 11 is 0. The highest BCUT2D eigenvalue weighted by atomic mass is 16.5. The fourth-order valence-electron chi connectivity index (χ4n) is 3.85. The summed E-state index contributed by atoms with van der Waals surface area (Å²) < 4.78 is 11.6. The third-order valence-corrected chi connectivity index (χ3v) is 5.17. The van der Waals surface area contributed by atoms with Crippen molar-refractivity contribution in [3.63, 3.8) is 0 Å². The predicted molar refractivity (Wildman–Crippen MR) is 98.5 cm³/mol. The Morgan fingerprint density at radius 3 is 2.62 bits per heavy atom. The van der Waals surface area contributed by atoms with Gasteiger partial charge in [0.05, 0.1) is 17.0 Å². The molecular formula is C20H28N2O2. The van der Waals surface area contributed by atoms with Crippen molar-refractivity contribution in [3.05, 3.63) is 29.5 Å². The van der Waals surface area contributed by atoms with Crippen LogP contribution < -0.4 is 10.5 Å². The Labute approximate surface area is 144 Å². The molecule has 1 aromatic heterocycles. The van der Waals surface area contributed by atoms with E-state index in [4.69, 9.17) is 20.2 Å². The monoisotopic (exact) mass is 328 g/mol. The molecule has 0 atom stereocenters. The molecule has 0 aliphatic heterocycles. The number of nitrogens with two attached hydrogens (primary N) is 1. The van der Waals surface area contributed by atoms with E-state index in [1.807, 2.05) is 25.1 Å². The van der Waals surface area contributed by atoms with E-state index in [9.17, 15) is 0 Å². The van der Waals surface area contributed by atoms with Gasteiger partial charge in [0, 0.05) is 25.1 Å². The van der Waals surface area contributed by atoms with Crippen LogP contribution in [0.2, 0.25) is 0 Å². The van der Waals surface area contributed by atoms with Crippen LogP contribution in [0.5, 0.6) is 5.75 Å². The van der Waals surface area contributed by atoms with Gasteiger partial charge in [-0.05, 0) is 62.6 Å². The molecule has 1 aliphatic carbocycles. The van der Waals surface area contributed by atoms with Gasteiger partial charge in [-0.15, -0.1) is 0 Å². The number of nitrogen functional groups attached to an aromatic ring is 1. The Morgan fingerprint density at radius 2 is 1.96 bits per heavy atom. The molecule has 4 heteroatoms.